The van der Waals surface area contributed by atoms with Crippen LogP contribution < -0.4 is 0 Å². The van der Waals surface area contributed by atoms with Crippen LogP contribution >= 0.6 is 11.3 Å². The molecule has 0 aliphatic heterocycles. The Labute approximate surface area is 109 Å². The number of rotatable bonds is 4. The van der Waals surface area contributed by atoms with E-state index in [-0.39, 0.29) is 11.5 Å². The lowest BCUT2D eigenvalue weighted by molar-refractivity contribution is 0.0115. The number of thiophene rings is 1. The summed E-state index contributed by atoms with van der Waals surface area (Å²) in [6.07, 6.45) is 5.86. The number of aliphatic hydroxyl groups excluding tert-OH is 1. The van der Waals surface area contributed by atoms with Crippen molar-refractivity contribution in [2.75, 3.05) is 0 Å². The minimum Gasteiger partial charge on any atom is -0.388 e. The number of hydrogen-bond donors (Lipinski definition) is 1. The van der Waals surface area contributed by atoms with Crippen molar-refractivity contribution < 1.29 is 5.11 Å². The standard InChI is InChI=1S/C15H24OS/c1-11(2)9-15(6-4-5-7-15)14(16)13-8-12(3)17-10-13/h8,10-11,14,16H,4-7,9H2,1-3H3. The Morgan fingerprint density at radius 2 is 2.00 bits per heavy atom. The molecule has 1 aliphatic carbocycles. The molecule has 1 saturated carbocycles. The van der Waals surface area contributed by atoms with Crippen molar-refractivity contribution in [1.29, 1.82) is 0 Å². The summed E-state index contributed by atoms with van der Waals surface area (Å²) in [5, 5.41) is 12.9. The van der Waals surface area contributed by atoms with Crippen molar-refractivity contribution in [3.8, 4) is 0 Å². The molecule has 96 valence electrons. The predicted octanol–water partition coefficient (Wildman–Crippen LogP) is 4.70. The first kappa shape index (κ1) is 13.1. The fourth-order valence-corrected chi connectivity index (χ4v) is 4.17. The van der Waals surface area contributed by atoms with Gasteiger partial charge in [-0.05, 0) is 49.1 Å². The van der Waals surface area contributed by atoms with Crippen molar-refractivity contribution in [2.45, 2.75) is 59.0 Å². The molecule has 1 fully saturated rings. The Morgan fingerprint density at radius 1 is 1.35 bits per heavy atom. The zero-order valence-electron chi connectivity index (χ0n) is 11.2. The molecule has 1 unspecified atom stereocenters. The molecule has 0 aromatic carbocycles. The van der Waals surface area contributed by atoms with Gasteiger partial charge in [0.1, 0.15) is 0 Å². The number of hydrogen-bond acceptors (Lipinski definition) is 2. The second-order valence-corrected chi connectivity index (χ2v) is 7.18. The normalized spacial score (nSPS) is 21.0. The smallest absolute Gasteiger partial charge is 0.0854 e. The molecule has 0 radical (unpaired) electrons. The molecule has 1 nitrogen and oxygen atoms in total. The lowest BCUT2D eigenvalue weighted by Gasteiger charge is -2.35. The summed E-state index contributed by atoms with van der Waals surface area (Å²) in [5.74, 6) is 0.669. The molecule has 1 N–H and O–H groups in total. The van der Waals surface area contributed by atoms with Gasteiger partial charge in [-0.3, -0.25) is 0 Å². The van der Waals surface area contributed by atoms with Gasteiger partial charge < -0.3 is 5.11 Å². The first-order valence-electron chi connectivity index (χ1n) is 6.77. The van der Waals surface area contributed by atoms with Crippen LogP contribution in [0.25, 0.3) is 0 Å². The molecule has 17 heavy (non-hydrogen) atoms. The minimum atomic E-state index is -0.252. The van der Waals surface area contributed by atoms with E-state index in [9.17, 15) is 5.11 Å². The third kappa shape index (κ3) is 2.74. The molecule has 1 atom stereocenters. The fraction of sp³-hybridized carbons (Fsp3) is 0.733. The van der Waals surface area contributed by atoms with Crippen LogP contribution in [0.15, 0.2) is 11.4 Å². The Morgan fingerprint density at radius 3 is 2.47 bits per heavy atom. The molecule has 1 heterocycles. The summed E-state index contributed by atoms with van der Waals surface area (Å²) in [5.41, 5.74) is 1.30. The van der Waals surface area contributed by atoms with E-state index < -0.39 is 0 Å². The third-order valence-electron chi connectivity index (χ3n) is 4.06. The van der Waals surface area contributed by atoms with E-state index in [0.29, 0.717) is 5.92 Å². The van der Waals surface area contributed by atoms with Crippen LogP contribution in [-0.4, -0.2) is 5.11 Å². The molecular weight excluding hydrogens is 228 g/mol. The monoisotopic (exact) mass is 252 g/mol. The SMILES string of the molecule is Cc1cc(C(O)C2(CC(C)C)CCCC2)cs1. The lowest BCUT2D eigenvalue weighted by Crippen LogP contribution is -2.27. The Kier molecular flexibility index (Phi) is 3.94. The molecule has 0 bridgehead atoms. The summed E-state index contributed by atoms with van der Waals surface area (Å²) < 4.78 is 0. The summed E-state index contributed by atoms with van der Waals surface area (Å²) in [6.45, 7) is 6.65. The highest BCUT2D eigenvalue weighted by atomic mass is 32.1. The molecule has 2 heteroatoms. The molecule has 1 aliphatic rings. The van der Waals surface area contributed by atoms with Crippen LogP contribution in [0.4, 0.5) is 0 Å². The minimum absolute atomic E-state index is 0.154. The summed E-state index contributed by atoms with van der Waals surface area (Å²) in [4.78, 5) is 1.30. The summed E-state index contributed by atoms with van der Waals surface area (Å²) >= 11 is 1.75. The van der Waals surface area contributed by atoms with Gasteiger partial charge in [0.15, 0.2) is 0 Å². The highest BCUT2D eigenvalue weighted by Crippen LogP contribution is 2.52. The first-order chi connectivity index (χ1) is 8.03. The largest absolute Gasteiger partial charge is 0.388 e. The van der Waals surface area contributed by atoms with Crippen LogP contribution in [0.3, 0.4) is 0 Å². The van der Waals surface area contributed by atoms with Gasteiger partial charge in [-0.1, -0.05) is 26.7 Å². The van der Waals surface area contributed by atoms with E-state index in [1.165, 1.54) is 30.6 Å². The van der Waals surface area contributed by atoms with Crippen LogP contribution in [0.5, 0.6) is 0 Å². The van der Waals surface area contributed by atoms with Crippen molar-refractivity contribution in [3.05, 3.63) is 21.9 Å². The lowest BCUT2D eigenvalue weighted by atomic mass is 9.72. The Balaban J connectivity index is 2.21. The van der Waals surface area contributed by atoms with Crippen molar-refractivity contribution in [2.24, 2.45) is 11.3 Å². The van der Waals surface area contributed by atoms with Gasteiger partial charge in [-0.25, -0.2) is 0 Å². The molecule has 1 aromatic heterocycles. The zero-order valence-corrected chi connectivity index (χ0v) is 12.0. The number of aryl methyl sites for hydroxylation is 1. The maximum absolute atomic E-state index is 10.7. The van der Waals surface area contributed by atoms with Crippen LogP contribution in [0.2, 0.25) is 0 Å². The van der Waals surface area contributed by atoms with Crippen molar-refractivity contribution >= 4 is 11.3 Å². The van der Waals surface area contributed by atoms with Gasteiger partial charge in [0, 0.05) is 10.3 Å². The van der Waals surface area contributed by atoms with Crippen molar-refractivity contribution in [3.63, 3.8) is 0 Å². The average molecular weight is 252 g/mol. The van der Waals surface area contributed by atoms with E-state index >= 15 is 0 Å². The molecule has 0 saturated heterocycles. The third-order valence-corrected chi connectivity index (χ3v) is 4.94. The Bertz CT molecular complexity index is 361. The second kappa shape index (κ2) is 5.11. The highest BCUT2D eigenvalue weighted by molar-refractivity contribution is 7.10. The topological polar surface area (TPSA) is 20.2 Å². The number of aliphatic hydroxyl groups is 1. The van der Waals surface area contributed by atoms with E-state index in [2.05, 4.69) is 32.2 Å². The maximum atomic E-state index is 10.7. The van der Waals surface area contributed by atoms with Crippen LogP contribution in [0.1, 0.15) is 62.5 Å². The maximum Gasteiger partial charge on any atom is 0.0854 e. The van der Waals surface area contributed by atoms with Gasteiger partial charge in [-0.2, -0.15) is 0 Å². The molecule has 0 amide bonds. The predicted molar refractivity (Wildman–Crippen MR) is 74.4 cm³/mol. The summed E-state index contributed by atoms with van der Waals surface area (Å²) in [6, 6.07) is 2.16. The van der Waals surface area contributed by atoms with E-state index in [0.717, 1.165) is 12.0 Å². The van der Waals surface area contributed by atoms with Gasteiger partial charge in [0.2, 0.25) is 0 Å². The van der Waals surface area contributed by atoms with Crippen LogP contribution in [-0.2, 0) is 0 Å². The van der Waals surface area contributed by atoms with E-state index in [4.69, 9.17) is 0 Å². The first-order valence-corrected chi connectivity index (χ1v) is 7.64. The van der Waals surface area contributed by atoms with Gasteiger partial charge in [0.05, 0.1) is 6.10 Å². The molecular formula is C15H24OS. The highest BCUT2D eigenvalue weighted by Gasteiger charge is 2.41. The molecule has 2 rings (SSSR count). The average Bonchev–Trinajstić information content (AvgIpc) is 2.86. The van der Waals surface area contributed by atoms with Crippen molar-refractivity contribution in [1.82, 2.24) is 0 Å². The molecule has 1 aromatic rings. The molecule has 0 spiro atoms. The van der Waals surface area contributed by atoms with Gasteiger partial charge in [-0.15, -0.1) is 11.3 Å². The Hall–Kier alpha value is -0.340. The van der Waals surface area contributed by atoms with Gasteiger partial charge in [0.25, 0.3) is 0 Å². The van der Waals surface area contributed by atoms with E-state index in [1.54, 1.807) is 11.3 Å². The van der Waals surface area contributed by atoms with Gasteiger partial charge >= 0.3 is 0 Å². The zero-order chi connectivity index (χ0) is 12.5. The summed E-state index contributed by atoms with van der Waals surface area (Å²) in [7, 11) is 0. The second-order valence-electron chi connectivity index (χ2n) is 6.06. The fourth-order valence-electron chi connectivity index (χ4n) is 3.44. The van der Waals surface area contributed by atoms with E-state index in [1.807, 2.05) is 0 Å². The van der Waals surface area contributed by atoms with Crippen LogP contribution in [0, 0.1) is 18.3 Å². The quantitative estimate of drug-likeness (QED) is 0.823.